The van der Waals surface area contributed by atoms with Gasteiger partial charge in [0.05, 0.1) is 12.2 Å². The van der Waals surface area contributed by atoms with Crippen molar-refractivity contribution in [3.05, 3.63) is 12.7 Å². The Labute approximate surface area is 124 Å². The Kier molecular flexibility index (Phi) is 6.37. The van der Waals surface area contributed by atoms with Crippen LogP contribution in [0.2, 0.25) is 0 Å². The number of carbonyl (C=O) groups excluding carboxylic acids is 1. The van der Waals surface area contributed by atoms with Crippen LogP contribution in [0.4, 0.5) is 0 Å². The van der Waals surface area contributed by atoms with Gasteiger partial charge in [0.25, 0.3) is 0 Å². The summed E-state index contributed by atoms with van der Waals surface area (Å²) in [6.07, 6.45) is 4.12. The molecule has 0 aromatic rings. The fourth-order valence-electron chi connectivity index (χ4n) is 1.89. The minimum absolute atomic E-state index is 0.208. The number of hydrogen-bond donors (Lipinski definition) is 3. The molecule has 0 radical (unpaired) electrons. The van der Waals surface area contributed by atoms with Crippen molar-refractivity contribution in [2.75, 3.05) is 25.9 Å². The van der Waals surface area contributed by atoms with Gasteiger partial charge in [-0.1, -0.05) is 6.08 Å². The Morgan fingerprint density at radius 2 is 2.20 bits per heavy atom. The van der Waals surface area contributed by atoms with Gasteiger partial charge in [-0.15, -0.1) is 6.58 Å². The summed E-state index contributed by atoms with van der Waals surface area (Å²) < 4.78 is 24.3. The molecule has 1 atom stereocenters. The van der Waals surface area contributed by atoms with Crippen molar-refractivity contribution in [1.29, 1.82) is 0 Å². The zero-order valence-corrected chi connectivity index (χ0v) is 13.0. The third-order valence-corrected chi connectivity index (χ3v) is 4.45. The van der Waals surface area contributed by atoms with Crippen molar-refractivity contribution >= 4 is 33.3 Å². The van der Waals surface area contributed by atoms with Gasteiger partial charge in [-0.2, -0.15) is 0 Å². The van der Waals surface area contributed by atoms with Crippen LogP contribution in [-0.4, -0.2) is 49.6 Å². The molecule has 0 aromatic heterocycles. The third-order valence-electron chi connectivity index (χ3n) is 2.93. The van der Waals surface area contributed by atoms with E-state index >= 15 is 0 Å². The van der Waals surface area contributed by atoms with Crippen LogP contribution < -0.4 is 16.2 Å². The molecule has 0 spiro atoms. The van der Waals surface area contributed by atoms with E-state index in [0.717, 1.165) is 6.26 Å². The van der Waals surface area contributed by atoms with Crippen molar-refractivity contribution in [3.63, 3.8) is 0 Å². The smallest absolute Gasteiger partial charge is 0.242 e. The van der Waals surface area contributed by atoms with Gasteiger partial charge in [0.1, 0.15) is 0 Å². The largest absolute Gasteiger partial charge is 0.358 e. The number of rotatable bonds is 4. The van der Waals surface area contributed by atoms with Crippen LogP contribution in [0.15, 0.2) is 12.7 Å². The van der Waals surface area contributed by atoms with Crippen LogP contribution in [0, 0.1) is 5.92 Å². The lowest BCUT2D eigenvalue weighted by molar-refractivity contribution is -0.126. The molecule has 3 N–H and O–H groups in total. The van der Waals surface area contributed by atoms with Crippen LogP contribution in [0.25, 0.3) is 0 Å². The van der Waals surface area contributed by atoms with E-state index in [2.05, 4.69) is 22.7 Å². The van der Waals surface area contributed by atoms with Crippen molar-refractivity contribution in [2.45, 2.75) is 12.8 Å². The minimum Gasteiger partial charge on any atom is -0.358 e. The lowest BCUT2D eigenvalue weighted by atomic mass is 9.99. The second kappa shape index (κ2) is 7.55. The van der Waals surface area contributed by atoms with Crippen LogP contribution >= 0.6 is 12.2 Å². The highest BCUT2D eigenvalue weighted by atomic mass is 32.2. The first-order valence-electron chi connectivity index (χ1n) is 6.24. The molecule has 7 nitrogen and oxygen atoms in total. The SMILES string of the molecule is C=CCNC(=S)NNC(=O)C1CCCN(S(C)(=O)=O)C1. The minimum atomic E-state index is -3.25. The molecule has 1 aliphatic rings. The number of thiocarbonyl (C=S) groups is 1. The van der Waals surface area contributed by atoms with Crippen LogP contribution in [0.5, 0.6) is 0 Å². The summed E-state index contributed by atoms with van der Waals surface area (Å²) >= 11 is 4.93. The predicted octanol–water partition coefficient (Wildman–Crippen LogP) is -0.661. The summed E-state index contributed by atoms with van der Waals surface area (Å²) in [6.45, 7) is 4.70. The standard InChI is InChI=1S/C11H20N4O3S2/c1-3-6-12-11(19)14-13-10(16)9-5-4-7-15(8-9)20(2,17)18/h3,9H,1,4-8H2,2H3,(H,13,16)(H2,12,14,19). The maximum atomic E-state index is 11.9. The molecular weight excluding hydrogens is 300 g/mol. The van der Waals surface area contributed by atoms with Gasteiger partial charge in [0, 0.05) is 19.6 Å². The number of hydrazine groups is 1. The zero-order chi connectivity index (χ0) is 15.2. The number of sulfonamides is 1. The second-order valence-corrected chi connectivity index (χ2v) is 6.96. The first-order valence-corrected chi connectivity index (χ1v) is 8.50. The summed E-state index contributed by atoms with van der Waals surface area (Å²) in [6, 6.07) is 0. The van der Waals surface area contributed by atoms with Crippen LogP contribution in [0.1, 0.15) is 12.8 Å². The summed E-state index contributed by atoms with van der Waals surface area (Å²) in [5.41, 5.74) is 5.06. The number of hydrogen-bond acceptors (Lipinski definition) is 4. The zero-order valence-electron chi connectivity index (χ0n) is 11.4. The molecule has 0 aliphatic carbocycles. The fraction of sp³-hybridized carbons (Fsp3) is 0.636. The first-order chi connectivity index (χ1) is 9.34. The van der Waals surface area contributed by atoms with Gasteiger partial charge < -0.3 is 5.32 Å². The van der Waals surface area contributed by atoms with Gasteiger partial charge in [-0.3, -0.25) is 15.6 Å². The average molecular weight is 320 g/mol. The van der Waals surface area contributed by atoms with Crippen LogP contribution in [-0.2, 0) is 14.8 Å². The molecule has 0 aromatic carbocycles. The van der Waals surface area contributed by atoms with E-state index in [1.807, 2.05) is 0 Å². The summed E-state index contributed by atoms with van der Waals surface area (Å²) in [7, 11) is -3.25. The van der Waals surface area contributed by atoms with E-state index in [4.69, 9.17) is 12.2 Å². The molecule has 0 bridgehead atoms. The van der Waals surface area contributed by atoms with E-state index in [1.54, 1.807) is 6.08 Å². The first kappa shape index (κ1) is 16.9. The number of amides is 1. The molecule has 1 heterocycles. The van der Waals surface area contributed by atoms with Gasteiger partial charge in [0.2, 0.25) is 15.9 Å². The van der Waals surface area contributed by atoms with Crippen molar-refractivity contribution in [3.8, 4) is 0 Å². The fourth-order valence-corrected chi connectivity index (χ4v) is 2.93. The normalized spacial score (nSPS) is 19.9. The highest BCUT2D eigenvalue weighted by molar-refractivity contribution is 7.88. The Hall–Kier alpha value is -1.19. The highest BCUT2D eigenvalue weighted by Crippen LogP contribution is 2.18. The Balaban J connectivity index is 2.43. The molecule has 1 fully saturated rings. The summed E-state index contributed by atoms with van der Waals surface area (Å²) in [5, 5.41) is 3.09. The lowest BCUT2D eigenvalue weighted by Gasteiger charge is -2.30. The molecular formula is C11H20N4O3S2. The van der Waals surface area contributed by atoms with E-state index in [-0.39, 0.29) is 23.5 Å². The van der Waals surface area contributed by atoms with E-state index in [0.29, 0.717) is 25.9 Å². The lowest BCUT2D eigenvalue weighted by Crippen LogP contribution is -2.51. The van der Waals surface area contributed by atoms with E-state index < -0.39 is 10.0 Å². The van der Waals surface area contributed by atoms with Crippen molar-refractivity contribution in [2.24, 2.45) is 5.92 Å². The van der Waals surface area contributed by atoms with Gasteiger partial charge in [0.15, 0.2) is 5.11 Å². The molecule has 20 heavy (non-hydrogen) atoms. The second-order valence-electron chi connectivity index (χ2n) is 4.57. The summed E-state index contributed by atoms with van der Waals surface area (Å²) in [4.78, 5) is 11.9. The van der Waals surface area contributed by atoms with Crippen molar-refractivity contribution < 1.29 is 13.2 Å². The van der Waals surface area contributed by atoms with Gasteiger partial charge >= 0.3 is 0 Å². The molecule has 1 saturated heterocycles. The number of piperidine rings is 1. The molecule has 114 valence electrons. The maximum absolute atomic E-state index is 11.9. The highest BCUT2D eigenvalue weighted by Gasteiger charge is 2.30. The molecule has 1 rings (SSSR count). The molecule has 0 saturated carbocycles. The number of carbonyl (C=O) groups is 1. The monoisotopic (exact) mass is 320 g/mol. The molecule has 1 amide bonds. The predicted molar refractivity (Wildman–Crippen MR) is 81.2 cm³/mol. The Morgan fingerprint density at radius 3 is 2.80 bits per heavy atom. The Morgan fingerprint density at radius 1 is 1.50 bits per heavy atom. The number of nitrogens with one attached hydrogen (secondary N) is 3. The molecule has 1 aliphatic heterocycles. The molecule has 9 heteroatoms. The van der Waals surface area contributed by atoms with Gasteiger partial charge in [-0.05, 0) is 25.1 Å². The third kappa shape index (κ3) is 5.43. The summed E-state index contributed by atoms with van der Waals surface area (Å²) in [5.74, 6) is -0.630. The molecule has 1 unspecified atom stereocenters. The average Bonchev–Trinajstić information content (AvgIpc) is 2.41. The van der Waals surface area contributed by atoms with Crippen LogP contribution in [0.3, 0.4) is 0 Å². The van der Waals surface area contributed by atoms with Gasteiger partial charge in [-0.25, -0.2) is 12.7 Å². The quantitative estimate of drug-likeness (QED) is 0.362. The number of nitrogens with zero attached hydrogens (tertiary/aromatic N) is 1. The Bertz CT molecular complexity index is 478. The van der Waals surface area contributed by atoms with E-state index in [9.17, 15) is 13.2 Å². The topological polar surface area (TPSA) is 90.5 Å². The van der Waals surface area contributed by atoms with E-state index in [1.165, 1.54) is 4.31 Å². The van der Waals surface area contributed by atoms with Crippen molar-refractivity contribution in [1.82, 2.24) is 20.5 Å². The maximum Gasteiger partial charge on any atom is 0.242 e.